The van der Waals surface area contributed by atoms with E-state index in [1.54, 1.807) is 0 Å². The van der Waals surface area contributed by atoms with Gasteiger partial charge in [-0.05, 0) is 48.9 Å². The Labute approximate surface area is 157 Å². The topological polar surface area (TPSA) is 40.5 Å². The van der Waals surface area contributed by atoms with E-state index in [1.807, 2.05) is 12.1 Å². The summed E-state index contributed by atoms with van der Waals surface area (Å²) in [5.74, 6) is 0.356. The third kappa shape index (κ3) is 2.08. The van der Waals surface area contributed by atoms with Crippen molar-refractivity contribution in [2.45, 2.75) is 81.8 Å². The van der Waals surface area contributed by atoms with Crippen molar-refractivity contribution in [3.8, 4) is 5.75 Å². The Kier molecular flexibility index (Phi) is 3.45. The van der Waals surface area contributed by atoms with Gasteiger partial charge in [-0.1, -0.05) is 32.3 Å². The van der Waals surface area contributed by atoms with E-state index in [1.165, 1.54) is 43.4 Å². The Balaban J connectivity index is 1.63. The summed E-state index contributed by atoms with van der Waals surface area (Å²) in [4.78, 5) is 0. The van der Waals surface area contributed by atoms with Gasteiger partial charge < -0.3 is 14.7 Å². The van der Waals surface area contributed by atoms with Gasteiger partial charge in [0.15, 0.2) is 0 Å². The number of aromatic hydroxyl groups is 1. The highest BCUT2D eigenvalue weighted by Gasteiger charge is 2.68. The highest BCUT2D eigenvalue weighted by atomic mass is 16.3. The molecule has 0 spiro atoms. The quantitative estimate of drug-likeness (QED) is 0.789. The molecule has 3 nitrogen and oxygen atoms in total. The zero-order chi connectivity index (χ0) is 18.2. The normalized spacial score (nSPS) is 43.1. The second-order valence-corrected chi connectivity index (χ2v) is 10.6. The summed E-state index contributed by atoms with van der Waals surface area (Å²) in [7, 11) is 2.43. The molecule has 26 heavy (non-hydrogen) atoms. The number of phenols is 1. The highest BCUT2D eigenvalue weighted by Crippen LogP contribution is 2.60. The van der Waals surface area contributed by atoms with E-state index >= 15 is 0 Å². The average molecular weight is 357 g/mol. The molecule has 1 aromatic rings. The lowest BCUT2D eigenvalue weighted by molar-refractivity contribution is -0.955. The first kappa shape index (κ1) is 17.1. The lowest BCUT2D eigenvalue weighted by Gasteiger charge is -2.66. The number of piperidine rings is 1. The van der Waals surface area contributed by atoms with E-state index in [9.17, 15) is 10.2 Å². The summed E-state index contributed by atoms with van der Waals surface area (Å²) in [6, 6.07) is 6.25. The maximum atomic E-state index is 12.2. The number of likely N-dealkylation sites (N-methyl/N-ethyl adjacent to an activating group) is 1. The predicted molar refractivity (Wildman–Crippen MR) is 103 cm³/mol. The lowest BCUT2D eigenvalue weighted by Crippen LogP contribution is -2.78. The minimum absolute atomic E-state index is 0.138. The molecular weight excluding hydrogens is 322 g/mol. The van der Waals surface area contributed by atoms with Gasteiger partial charge in [0.25, 0.3) is 0 Å². The molecule has 4 aliphatic rings. The molecule has 1 saturated heterocycles. The fourth-order valence-corrected chi connectivity index (χ4v) is 7.51. The molecule has 2 N–H and O–H groups in total. The zero-order valence-corrected chi connectivity index (χ0v) is 16.4. The largest absolute Gasteiger partial charge is 0.508 e. The maximum absolute atomic E-state index is 12.2. The van der Waals surface area contributed by atoms with Crippen LogP contribution in [0.1, 0.15) is 69.4 Å². The standard InChI is InChI=1S/C23H33NO2/c1-21(8-5-9-21)16-24(2)13-12-22-10-3-4-11-23(22,26)20(24)14-17-6-7-18(25)15-19(17)22/h6-7,15,20,26H,3-5,8-14,16H2,1-2H3/p+1. The second kappa shape index (κ2) is 5.26. The summed E-state index contributed by atoms with van der Waals surface area (Å²) in [6.07, 6.45) is 10.4. The molecule has 1 aromatic carbocycles. The van der Waals surface area contributed by atoms with Crippen molar-refractivity contribution >= 4 is 0 Å². The van der Waals surface area contributed by atoms with Crippen LogP contribution in [0.3, 0.4) is 0 Å². The van der Waals surface area contributed by atoms with Gasteiger partial charge in [0, 0.05) is 23.7 Å². The van der Waals surface area contributed by atoms with Gasteiger partial charge in [-0.25, -0.2) is 0 Å². The van der Waals surface area contributed by atoms with E-state index < -0.39 is 5.60 Å². The number of benzene rings is 1. The van der Waals surface area contributed by atoms with Crippen LogP contribution in [0.25, 0.3) is 0 Å². The van der Waals surface area contributed by atoms with E-state index in [0.717, 1.165) is 43.1 Å². The Morgan fingerprint density at radius 1 is 1.08 bits per heavy atom. The molecule has 5 rings (SSSR count). The second-order valence-electron chi connectivity index (χ2n) is 10.6. The lowest BCUT2D eigenvalue weighted by atomic mass is 9.49. The number of aliphatic hydroxyl groups is 1. The maximum Gasteiger partial charge on any atom is 0.126 e. The highest BCUT2D eigenvalue weighted by molar-refractivity contribution is 5.47. The third-order valence-corrected chi connectivity index (χ3v) is 8.92. The summed E-state index contributed by atoms with van der Waals surface area (Å²) < 4.78 is 1.04. The van der Waals surface area contributed by atoms with Gasteiger partial charge in [0.05, 0.1) is 20.1 Å². The minimum atomic E-state index is -0.612. The van der Waals surface area contributed by atoms with Gasteiger partial charge in [0.2, 0.25) is 0 Å². The Hall–Kier alpha value is -1.06. The van der Waals surface area contributed by atoms with Crippen LogP contribution < -0.4 is 0 Å². The molecule has 3 heteroatoms. The Bertz CT molecular complexity index is 742. The molecule has 0 aromatic heterocycles. The number of hydrogen-bond acceptors (Lipinski definition) is 2. The van der Waals surface area contributed by atoms with Crippen molar-refractivity contribution in [1.82, 2.24) is 0 Å². The summed E-state index contributed by atoms with van der Waals surface area (Å²) in [5, 5.41) is 22.4. The predicted octanol–water partition coefficient (Wildman–Crippen LogP) is 3.90. The average Bonchev–Trinajstić information content (AvgIpc) is 2.57. The number of quaternary nitrogens is 1. The van der Waals surface area contributed by atoms with Crippen molar-refractivity contribution in [3.63, 3.8) is 0 Å². The molecule has 4 unspecified atom stereocenters. The van der Waals surface area contributed by atoms with Gasteiger partial charge in [-0.2, -0.15) is 0 Å². The molecule has 4 atom stereocenters. The molecule has 0 radical (unpaired) electrons. The van der Waals surface area contributed by atoms with Gasteiger partial charge in [0.1, 0.15) is 17.4 Å². The van der Waals surface area contributed by atoms with Crippen molar-refractivity contribution in [3.05, 3.63) is 29.3 Å². The first-order valence-electron chi connectivity index (χ1n) is 10.7. The number of likely N-dealkylation sites (tertiary alicyclic amines) is 1. The Morgan fingerprint density at radius 3 is 2.58 bits per heavy atom. The molecule has 3 aliphatic carbocycles. The van der Waals surface area contributed by atoms with E-state index in [2.05, 4.69) is 20.0 Å². The SMILES string of the molecule is CC1(C[N+]2(C)CCC34CCCCC3(O)C2Cc2ccc(O)cc24)CCC1. The number of rotatable bonds is 2. The minimum Gasteiger partial charge on any atom is -0.508 e. The summed E-state index contributed by atoms with van der Waals surface area (Å²) in [6.45, 7) is 4.84. The number of phenolic OH excluding ortho intramolecular Hbond substituents is 1. The molecule has 3 fully saturated rings. The van der Waals surface area contributed by atoms with Crippen LogP contribution in [-0.2, 0) is 11.8 Å². The molecule has 142 valence electrons. The van der Waals surface area contributed by atoms with Crippen molar-refractivity contribution in [2.75, 3.05) is 20.1 Å². The first-order valence-corrected chi connectivity index (χ1v) is 10.7. The van der Waals surface area contributed by atoms with E-state index in [4.69, 9.17) is 0 Å². The number of nitrogens with zero attached hydrogens (tertiary/aromatic N) is 1. The molecule has 0 amide bonds. The zero-order valence-electron chi connectivity index (χ0n) is 16.4. The van der Waals surface area contributed by atoms with Crippen LogP contribution >= 0.6 is 0 Å². The number of fused-ring (bicyclic) bond motifs is 1. The van der Waals surface area contributed by atoms with Crippen LogP contribution in [0.15, 0.2) is 18.2 Å². The van der Waals surface area contributed by atoms with Crippen molar-refractivity contribution < 1.29 is 14.7 Å². The smallest absolute Gasteiger partial charge is 0.126 e. The molecule has 2 bridgehead atoms. The summed E-state index contributed by atoms with van der Waals surface area (Å²) in [5.41, 5.74) is 2.36. The number of hydrogen-bond donors (Lipinski definition) is 2. The van der Waals surface area contributed by atoms with E-state index in [0.29, 0.717) is 17.2 Å². The van der Waals surface area contributed by atoms with Gasteiger partial charge >= 0.3 is 0 Å². The molecule has 2 saturated carbocycles. The fraction of sp³-hybridized carbons (Fsp3) is 0.739. The van der Waals surface area contributed by atoms with E-state index in [-0.39, 0.29) is 5.41 Å². The molecular formula is C23H34NO2+. The summed E-state index contributed by atoms with van der Waals surface area (Å²) >= 11 is 0. The third-order valence-electron chi connectivity index (χ3n) is 8.92. The Morgan fingerprint density at radius 2 is 1.85 bits per heavy atom. The van der Waals surface area contributed by atoms with Crippen molar-refractivity contribution in [2.24, 2.45) is 5.41 Å². The van der Waals surface area contributed by atoms with Gasteiger partial charge in [-0.15, -0.1) is 0 Å². The van der Waals surface area contributed by atoms with Crippen LogP contribution in [0.5, 0.6) is 5.75 Å². The van der Waals surface area contributed by atoms with Crippen LogP contribution in [0, 0.1) is 5.41 Å². The van der Waals surface area contributed by atoms with Crippen LogP contribution in [0.2, 0.25) is 0 Å². The first-order chi connectivity index (χ1) is 12.3. The molecule has 1 aliphatic heterocycles. The van der Waals surface area contributed by atoms with Crippen LogP contribution in [0.4, 0.5) is 0 Å². The van der Waals surface area contributed by atoms with Gasteiger partial charge in [-0.3, -0.25) is 0 Å². The monoisotopic (exact) mass is 356 g/mol. The van der Waals surface area contributed by atoms with Crippen molar-refractivity contribution in [1.29, 1.82) is 0 Å². The fourth-order valence-electron chi connectivity index (χ4n) is 7.51. The molecule has 1 heterocycles. The van der Waals surface area contributed by atoms with Crippen LogP contribution in [-0.4, -0.2) is 46.5 Å².